The quantitative estimate of drug-likeness (QED) is 0.852. The molecule has 0 amide bonds. The number of nitrogens with zero attached hydrogens (tertiary/aromatic N) is 1. The number of rotatable bonds is 3. The van der Waals surface area contributed by atoms with Gasteiger partial charge in [0.2, 0.25) is 5.78 Å². The number of methoxy groups -OCH3 is 1. The summed E-state index contributed by atoms with van der Waals surface area (Å²) >= 11 is 0. The Morgan fingerprint density at radius 3 is 2.68 bits per heavy atom. The van der Waals surface area contributed by atoms with Crippen molar-refractivity contribution in [3.63, 3.8) is 0 Å². The summed E-state index contributed by atoms with van der Waals surface area (Å²) < 4.78 is 5.10. The van der Waals surface area contributed by atoms with Crippen LogP contribution in [0.15, 0.2) is 41.4 Å². The third-order valence-corrected chi connectivity index (χ3v) is 3.67. The van der Waals surface area contributed by atoms with E-state index in [2.05, 4.69) is 4.99 Å². The van der Waals surface area contributed by atoms with E-state index in [9.17, 15) is 15.0 Å². The van der Waals surface area contributed by atoms with Gasteiger partial charge < -0.3 is 14.9 Å². The number of phenols is 2. The van der Waals surface area contributed by atoms with Gasteiger partial charge in [0.05, 0.1) is 12.7 Å². The topological polar surface area (TPSA) is 79.1 Å². The molecule has 0 atom stereocenters. The number of hydrogen-bond acceptors (Lipinski definition) is 5. The second-order valence-corrected chi connectivity index (χ2v) is 5.01. The highest BCUT2D eigenvalue weighted by Crippen LogP contribution is 2.32. The van der Waals surface area contributed by atoms with Gasteiger partial charge in [-0.2, -0.15) is 0 Å². The maximum Gasteiger partial charge on any atom is 0.215 e. The van der Waals surface area contributed by atoms with Crippen molar-refractivity contribution in [3.05, 3.63) is 53.1 Å². The van der Waals surface area contributed by atoms with Crippen LogP contribution in [0.3, 0.4) is 0 Å². The van der Waals surface area contributed by atoms with Crippen molar-refractivity contribution in [1.82, 2.24) is 0 Å². The summed E-state index contributed by atoms with van der Waals surface area (Å²) in [7, 11) is 1.45. The van der Waals surface area contributed by atoms with Gasteiger partial charge in [0, 0.05) is 12.1 Å². The van der Waals surface area contributed by atoms with Crippen molar-refractivity contribution < 1.29 is 19.7 Å². The molecule has 0 aromatic heterocycles. The van der Waals surface area contributed by atoms with Gasteiger partial charge in [0.1, 0.15) is 11.5 Å². The highest BCUT2D eigenvalue weighted by Gasteiger charge is 2.25. The number of carbonyl (C=O) groups is 1. The zero-order valence-corrected chi connectivity index (χ0v) is 12.0. The predicted molar refractivity (Wildman–Crippen MR) is 82.2 cm³/mol. The van der Waals surface area contributed by atoms with Crippen LogP contribution in [-0.2, 0) is 6.42 Å². The molecular formula is C17H15NO4. The minimum atomic E-state index is -0.341. The lowest BCUT2D eigenvalue weighted by atomic mass is 9.92. The lowest BCUT2D eigenvalue weighted by Crippen LogP contribution is -2.22. The smallest absolute Gasteiger partial charge is 0.215 e. The van der Waals surface area contributed by atoms with Crippen LogP contribution in [0.2, 0.25) is 0 Å². The molecule has 0 unspecified atom stereocenters. The first-order chi connectivity index (χ1) is 10.6. The summed E-state index contributed by atoms with van der Waals surface area (Å²) in [5.41, 5.74) is 1.96. The van der Waals surface area contributed by atoms with E-state index in [1.165, 1.54) is 13.2 Å². The van der Waals surface area contributed by atoms with Crippen LogP contribution in [0, 0.1) is 0 Å². The SMILES string of the molecule is COc1cc2c(cc1O)CCN=C2C(=O)c1ccccc1O. The zero-order valence-electron chi connectivity index (χ0n) is 12.0. The third-order valence-electron chi connectivity index (χ3n) is 3.67. The summed E-state index contributed by atoms with van der Waals surface area (Å²) in [6, 6.07) is 9.58. The van der Waals surface area contributed by atoms with Crippen LogP contribution >= 0.6 is 0 Å². The molecule has 0 radical (unpaired) electrons. The molecule has 1 aliphatic heterocycles. The first kappa shape index (κ1) is 14.1. The van der Waals surface area contributed by atoms with Crippen molar-refractivity contribution >= 4 is 11.5 Å². The van der Waals surface area contributed by atoms with E-state index in [4.69, 9.17) is 4.74 Å². The van der Waals surface area contributed by atoms with Crippen LogP contribution in [0.1, 0.15) is 21.5 Å². The highest BCUT2D eigenvalue weighted by molar-refractivity contribution is 6.52. The number of benzene rings is 2. The molecule has 1 heterocycles. The number of para-hydroxylation sites is 1. The predicted octanol–water partition coefficient (Wildman–Crippen LogP) is 2.33. The fourth-order valence-corrected chi connectivity index (χ4v) is 2.56. The molecule has 1 aliphatic rings. The fourth-order valence-electron chi connectivity index (χ4n) is 2.56. The van der Waals surface area contributed by atoms with Gasteiger partial charge in [0.25, 0.3) is 0 Å². The molecule has 0 aliphatic carbocycles. The zero-order chi connectivity index (χ0) is 15.7. The molecule has 5 heteroatoms. The summed E-state index contributed by atoms with van der Waals surface area (Å²) in [5.74, 6) is -0.0872. The molecule has 0 saturated carbocycles. The lowest BCUT2D eigenvalue weighted by molar-refractivity contribution is 0.106. The first-order valence-corrected chi connectivity index (χ1v) is 6.89. The number of ether oxygens (including phenoxy) is 1. The second-order valence-electron chi connectivity index (χ2n) is 5.01. The van der Waals surface area contributed by atoms with Crippen LogP contribution in [0.5, 0.6) is 17.2 Å². The molecule has 2 N–H and O–H groups in total. The van der Waals surface area contributed by atoms with E-state index in [1.54, 1.807) is 30.3 Å². The van der Waals surface area contributed by atoms with Gasteiger partial charge in [-0.05, 0) is 36.2 Å². The molecule has 22 heavy (non-hydrogen) atoms. The molecule has 0 spiro atoms. The maximum atomic E-state index is 12.7. The van der Waals surface area contributed by atoms with Crippen molar-refractivity contribution in [3.8, 4) is 17.2 Å². The molecule has 0 saturated heterocycles. The van der Waals surface area contributed by atoms with Gasteiger partial charge in [-0.25, -0.2) is 0 Å². The molecular weight excluding hydrogens is 282 g/mol. The molecule has 0 bridgehead atoms. The number of carbonyl (C=O) groups excluding carboxylic acids is 1. The fraction of sp³-hybridized carbons (Fsp3) is 0.176. The Morgan fingerprint density at radius 1 is 1.18 bits per heavy atom. The minimum Gasteiger partial charge on any atom is -0.507 e. The monoisotopic (exact) mass is 297 g/mol. The molecule has 3 rings (SSSR count). The van der Waals surface area contributed by atoms with Crippen molar-refractivity contribution in [2.45, 2.75) is 6.42 Å². The first-order valence-electron chi connectivity index (χ1n) is 6.89. The van der Waals surface area contributed by atoms with Crippen molar-refractivity contribution in [2.24, 2.45) is 4.99 Å². The standard InChI is InChI=1S/C17H15NO4/c1-22-15-9-12-10(8-14(15)20)6-7-18-16(12)17(21)11-4-2-3-5-13(11)19/h2-5,8-9,19-20H,6-7H2,1H3. The summed E-state index contributed by atoms with van der Waals surface area (Å²) in [4.78, 5) is 17.0. The Kier molecular flexibility index (Phi) is 3.55. The largest absolute Gasteiger partial charge is 0.507 e. The van der Waals surface area contributed by atoms with Crippen LogP contribution < -0.4 is 4.74 Å². The maximum absolute atomic E-state index is 12.7. The highest BCUT2D eigenvalue weighted by atomic mass is 16.5. The van der Waals surface area contributed by atoms with E-state index in [0.717, 1.165) is 5.56 Å². The average molecular weight is 297 g/mol. The Labute approximate surface area is 127 Å². The number of aliphatic imine (C=N–C) groups is 1. The second kappa shape index (κ2) is 5.52. The minimum absolute atomic E-state index is 0.0394. The number of hydrogen-bond donors (Lipinski definition) is 2. The van der Waals surface area contributed by atoms with Crippen LogP contribution in [-0.4, -0.2) is 35.4 Å². The number of aromatic hydroxyl groups is 2. The molecule has 2 aromatic carbocycles. The number of ketones is 1. The summed E-state index contributed by atoms with van der Waals surface area (Å²) in [6.07, 6.45) is 0.643. The van der Waals surface area contributed by atoms with Gasteiger partial charge in [0.15, 0.2) is 11.5 Å². The Hall–Kier alpha value is -2.82. The van der Waals surface area contributed by atoms with E-state index in [-0.39, 0.29) is 28.6 Å². The lowest BCUT2D eigenvalue weighted by Gasteiger charge is -2.18. The Balaban J connectivity index is 2.09. The van der Waals surface area contributed by atoms with E-state index in [1.807, 2.05) is 0 Å². The summed E-state index contributed by atoms with van der Waals surface area (Å²) in [5, 5.41) is 19.7. The van der Waals surface area contributed by atoms with Gasteiger partial charge in [-0.15, -0.1) is 0 Å². The number of phenolic OH excluding ortho intramolecular Hbond substituents is 2. The van der Waals surface area contributed by atoms with E-state index in [0.29, 0.717) is 24.3 Å². The Morgan fingerprint density at radius 2 is 1.95 bits per heavy atom. The van der Waals surface area contributed by atoms with Gasteiger partial charge in [-0.3, -0.25) is 9.79 Å². The molecule has 5 nitrogen and oxygen atoms in total. The number of fused-ring (bicyclic) bond motifs is 1. The van der Waals surface area contributed by atoms with Crippen LogP contribution in [0.4, 0.5) is 0 Å². The molecule has 112 valence electrons. The molecule has 2 aromatic rings. The van der Waals surface area contributed by atoms with E-state index >= 15 is 0 Å². The summed E-state index contributed by atoms with van der Waals surface area (Å²) in [6.45, 7) is 0.466. The third kappa shape index (κ3) is 2.30. The van der Waals surface area contributed by atoms with Crippen LogP contribution in [0.25, 0.3) is 0 Å². The van der Waals surface area contributed by atoms with Gasteiger partial charge in [-0.1, -0.05) is 12.1 Å². The van der Waals surface area contributed by atoms with Gasteiger partial charge >= 0.3 is 0 Å². The van der Waals surface area contributed by atoms with E-state index < -0.39 is 0 Å². The average Bonchev–Trinajstić information content (AvgIpc) is 2.53. The normalized spacial score (nSPS) is 13.2. The Bertz CT molecular complexity index is 780. The van der Waals surface area contributed by atoms with Crippen molar-refractivity contribution in [1.29, 1.82) is 0 Å². The van der Waals surface area contributed by atoms with Crippen molar-refractivity contribution in [2.75, 3.05) is 13.7 Å². The molecule has 0 fully saturated rings. The number of Topliss-reactive ketones (excluding diaryl/α,β-unsaturated/α-hetero) is 1.